The van der Waals surface area contributed by atoms with Crippen LogP contribution in [0.4, 0.5) is 0 Å². The van der Waals surface area contributed by atoms with Crippen LogP contribution in [-0.2, 0) is 0 Å². The van der Waals surface area contributed by atoms with Crippen molar-refractivity contribution in [1.82, 2.24) is 0 Å². The molecule has 0 spiro atoms. The molecule has 0 atom stereocenters. The summed E-state index contributed by atoms with van der Waals surface area (Å²) >= 11 is 0. The van der Waals surface area contributed by atoms with Crippen LogP contribution in [0.15, 0.2) is 72.8 Å². The first-order valence-electron chi connectivity index (χ1n) is 10.8. The predicted molar refractivity (Wildman–Crippen MR) is 140 cm³/mol. The molecule has 3 aromatic rings. The maximum Gasteiger partial charge on any atom is 0.131 e. The lowest BCUT2D eigenvalue weighted by Crippen LogP contribution is -2.16. The molecule has 0 radical (unpaired) electrons. The first-order valence-corrected chi connectivity index (χ1v) is 17.8. The molecule has 0 heterocycles. The third-order valence-corrected chi connectivity index (χ3v) is 5.90. The second kappa shape index (κ2) is 9.96. The van der Waals surface area contributed by atoms with E-state index in [1.165, 1.54) is 0 Å². The third-order valence-electron chi connectivity index (χ3n) is 4.15. The molecular weight excluding hydrogens is 424 g/mol. The molecule has 0 saturated heterocycles. The van der Waals surface area contributed by atoms with Gasteiger partial charge >= 0.3 is 0 Å². The van der Waals surface area contributed by atoms with Gasteiger partial charge in [-0.25, -0.2) is 0 Å². The molecule has 0 aromatic heterocycles. The highest BCUT2D eigenvalue weighted by molar-refractivity contribution is 6.84. The van der Waals surface area contributed by atoms with E-state index in [1.807, 2.05) is 72.8 Å². The summed E-state index contributed by atoms with van der Waals surface area (Å²) in [4.78, 5) is 0. The Kier molecular flexibility index (Phi) is 7.31. The van der Waals surface area contributed by atoms with E-state index < -0.39 is 16.1 Å². The number of rotatable bonds is 4. The van der Waals surface area contributed by atoms with E-state index in [2.05, 4.69) is 62.2 Å². The molecule has 3 aromatic carbocycles. The fourth-order valence-electron chi connectivity index (χ4n) is 2.61. The van der Waals surface area contributed by atoms with Crippen LogP contribution in [0.3, 0.4) is 0 Å². The first kappa shape index (κ1) is 23.5. The van der Waals surface area contributed by atoms with Gasteiger partial charge in [-0.2, -0.15) is 0 Å². The van der Waals surface area contributed by atoms with Gasteiger partial charge in [-0.05, 0) is 60.7 Å². The van der Waals surface area contributed by atoms with Crippen molar-refractivity contribution in [2.24, 2.45) is 0 Å². The summed E-state index contributed by atoms with van der Waals surface area (Å²) in [6.45, 7) is 13.4. The summed E-state index contributed by atoms with van der Waals surface area (Å²) in [7, 11) is -2.76. The molecule has 32 heavy (non-hydrogen) atoms. The molecule has 2 nitrogen and oxygen atoms in total. The van der Waals surface area contributed by atoms with Gasteiger partial charge < -0.3 is 9.47 Å². The Morgan fingerprint density at radius 2 is 0.875 bits per heavy atom. The Bertz CT molecular complexity index is 1080. The molecule has 0 aliphatic heterocycles. The van der Waals surface area contributed by atoms with Gasteiger partial charge in [-0.1, -0.05) is 57.2 Å². The van der Waals surface area contributed by atoms with Gasteiger partial charge in [0.2, 0.25) is 0 Å². The van der Waals surface area contributed by atoms with E-state index in [0.29, 0.717) is 0 Å². The average Bonchev–Trinajstić information content (AvgIpc) is 2.72. The minimum absolute atomic E-state index is 0.723. The molecule has 0 N–H and O–H groups in total. The van der Waals surface area contributed by atoms with E-state index in [1.54, 1.807) is 0 Å². The van der Waals surface area contributed by atoms with E-state index in [4.69, 9.17) is 9.47 Å². The van der Waals surface area contributed by atoms with Gasteiger partial charge in [0.1, 0.15) is 39.1 Å². The maximum absolute atomic E-state index is 6.01. The topological polar surface area (TPSA) is 18.5 Å². The molecule has 0 aliphatic rings. The number of benzene rings is 3. The van der Waals surface area contributed by atoms with Crippen LogP contribution in [0.25, 0.3) is 0 Å². The fourth-order valence-corrected chi connectivity index (χ4v) is 3.64. The third kappa shape index (κ3) is 8.15. The van der Waals surface area contributed by atoms with Gasteiger partial charge in [-0.3, -0.25) is 0 Å². The standard InChI is InChI=1S/C28H30O2Si2/c1-31(2,3)20-18-23-10-14-25(15-11-23)29-27-8-7-9-28(22-27)30-26-16-12-24(13-17-26)19-21-32(4,5)6/h7-17,22H,1-6H3. The highest BCUT2D eigenvalue weighted by atomic mass is 28.3. The lowest BCUT2D eigenvalue weighted by Gasteiger charge is -2.09. The summed E-state index contributed by atoms with van der Waals surface area (Å²) in [5.41, 5.74) is 8.78. The molecule has 0 aliphatic carbocycles. The van der Waals surface area contributed by atoms with Crippen molar-refractivity contribution >= 4 is 16.1 Å². The van der Waals surface area contributed by atoms with Gasteiger partial charge in [0.15, 0.2) is 0 Å². The molecule has 0 fully saturated rings. The maximum atomic E-state index is 6.01. The first-order chi connectivity index (χ1) is 15.1. The summed E-state index contributed by atoms with van der Waals surface area (Å²) in [5.74, 6) is 9.51. The van der Waals surface area contributed by atoms with Crippen LogP contribution in [0.5, 0.6) is 23.0 Å². The van der Waals surface area contributed by atoms with E-state index in [-0.39, 0.29) is 0 Å². The van der Waals surface area contributed by atoms with Crippen molar-refractivity contribution in [3.63, 3.8) is 0 Å². The minimum atomic E-state index is -1.38. The zero-order valence-corrected chi connectivity index (χ0v) is 21.7. The SMILES string of the molecule is C[Si](C)(C)C#Cc1ccc(Oc2cccc(Oc3ccc(C#C[Si](C)(C)C)cc3)c2)cc1. The summed E-state index contributed by atoms with van der Waals surface area (Å²) < 4.78 is 12.0. The Morgan fingerprint density at radius 1 is 0.500 bits per heavy atom. The van der Waals surface area contributed by atoms with Crippen molar-refractivity contribution in [3.8, 4) is 45.9 Å². The Hall–Kier alpha value is -3.19. The van der Waals surface area contributed by atoms with Crippen molar-refractivity contribution < 1.29 is 9.47 Å². The average molecular weight is 455 g/mol. The quantitative estimate of drug-likeness (QED) is 0.297. The van der Waals surface area contributed by atoms with Crippen LogP contribution in [0.1, 0.15) is 11.1 Å². The predicted octanol–water partition coefficient (Wildman–Crippen LogP) is 7.73. The van der Waals surface area contributed by atoms with Crippen LogP contribution in [0, 0.1) is 22.9 Å². The van der Waals surface area contributed by atoms with Crippen molar-refractivity contribution in [3.05, 3.63) is 83.9 Å². The molecule has 3 rings (SSSR count). The molecule has 0 saturated carbocycles. The van der Waals surface area contributed by atoms with Gasteiger partial charge in [-0.15, -0.1) is 11.1 Å². The van der Waals surface area contributed by atoms with Crippen molar-refractivity contribution in [2.45, 2.75) is 39.3 Å². The largest absolute Gasteiger partial charge is 0.457 e. The van der Waals surface area contributed by atoms with E-state index in [9.17, 15) is 0 Å². The second-order valence-electron chi connectivity index (χ2n) is 9.73. The summed E-state index contributed by atoms with van der Waals surface area (Å²) in [6.07, 6.45) is 0. The summed E-state index contributed by atoms with van der Waals surface area (Å²) in [6, 6.07) is 23.4. The summed E-state index contributed by atoms with van der Waals surface area (Å²) in [5, 5.41) is 0. The Labute approximate surface area is 194 Å². The molecule has 4 heteroatoms. The fraction of sp³-hybridized carbons (Fsp3) is 0.214. The highest BCUT2D eigenvalue weighted by Gasteiger charge is 2.08. The lowest BCUT2D eigenvalue weighted by atomic mass is 10.2. The second-order valence-corrected chi connectivity index (χ2v) is 19.2. The Morgan fingerprint density at radius 3 is 1.22 bits per heavy atom. The number of ether oxygens (including phenoxy) is 2. The smallest absolute Gasteiger partial charge is 0.131 e. The number of hydrogen-bond donors (Lipinski definition) is 0. The lowest BCUT2D eigenvalue weighted by molar-refractivity contribution is 0.460. The normalized spacial score (nSPS) is 10.9. The van der Waals surface area contributed by atoms with Gasteiger partial charge in [0.25, 0.3) is 0 Å². The van der Waals surface area contributed by atoms with Crippen LogP contribution >= 0.6 is 0 Å². The van der Waals surface area contributed by atoms with Gasteiger partial charge in [0, 0.05) is 17.2 Å². The zero-order valence-electron chi connectivity index (χ0n) is 19.7. The zero-order chi connectivity index (χ0) is 23.2. The molecule has 0 unspecified atom stereocenters. The van der Waals surface area contributed by atoms with E-state index >= 15 is 0 Å². The molecule has 162 valence electrons. The number of hydrogen-bond acceptors (Lipinski definition) is 2. The van der Waals surface area contributed by atoms with Crippen molar-refractivity contribution in [1.29, 1.82) is 0 Å². The molecular formula is C28H30O2Si2. The molecule has 0 amide bonds. The van der Waals surface area contributed by atoms with Crippen LogP contribution < -0.4 is 9.47 Å². The van der Waals surface area contributed by atoms with Crippen LogP contribution in [-0.4, -0.2) is 16.1 Å². The van der Waals surface area contributed by atoms with E-state index in [0.717, 1.165) is 34.1 Å². The minimum Gasteiger partial charge on any atom is -0.457 e. The molecule has 0 bridgehead atoms. The van der Waals surface area contributed by atoms with Gasteiger partial charge in [0.05, 0.1) is 0 Å². The Balaban J connectivity index is 1.65. The highest BCUT2D eigenvalue weighted by Crippen LogP contribution is 2.28. The monoisotopic (exact) mass is 454 g/mol. The van der Waals surface area contributed by atoms with Crippen molar-refractivity contribution in [2.75, 3.05) is 0 Å². The van der Waals surface area contributed by atoms with Crippen LogP contribution in [0.2, 0.25) is 39.3 Å².